The molecule has 1 N–H and O–H groups in total. The molecule has 1 aromatic carbocycles. The first kappa shape index (κ1) is 16.1. The number of ketones is 1. The zero-order chi connectivity index (χ0) is 16.8. The number of Topliss-reactive ketones (excluding diaryl/α,β-unsaturated/α-hetero) is 1. The maximum absolute atomic E-state index is 11.6. The number of hydrogen-bond acceptors (Lipinski definition) is 7. The third-order valence-electron chi connectivity index (χ3n) is 2.91. The van der Waals surface area contributed by atoms with Crippen molar-refractivity contribution in [3.8, 4) is 6.07 Å². The number of esters is 1. The van der Waals surface area contributed by atoms with Crippen LogP contribution in [0.4, 0.5) is 0 Å². The average Bonchev–Trinajstić information content (AvgIpc) is 2.94. The molecule has 0 aliphatic rings. The minimum atomic E-state index is -1.19. The second-order valence-corrected chi connectivity index (χ2v) is 4.67. The van der Waals surface area contributed by atoms with E-state index in [9.17, 15) is 9.59 Å². The number of nitrogens with one attached hydrogen (secondary N) is 1. The molecule has 1 unspecified atom stereocenters. The van der Waals surface area contributed by atoms with Crippen molar-refractivity contribution in [2.24, 2.45) is 5.92 Å². The largest absolute Gasteiger partial charge is 0.454 e. The molecule has 1 heterocycles. The Labute approximate surface area is 131 Å². The lowest BCUT2D eigenvalue weighted by Crippen LogP contribution is -2.25. The van der Waals surface area contributed by atoms with Crippen LogP contribution in [-0.2, 0) is 14.3 Å². The SMILES string of the molecule is CC(=N)C(C#N)C(=O)COC(=O)/C=C/c1nc2ccccc2o1. The Morgan fingerprint density at radius 2 is 2.22 bits per heavy atom. The molecule has 0 radical (unpaired) electrons. The van der Waals surface area contributed by atoms with Crippen LogP contribution in [0.3, 0.4) is 0 Å². The number of para-hydroxylation sites is 2. The van der Waals surface area contributed by atoms with Gasteiger partial charge in [-0.25, -0.2) is 9.78 Å². The summed E-state index contributed by atoms with van der Waals surface area (Å²) in [5, 5.41) is 16.1. The molecule has 2 rings (SSSR count). The Hall–Kier alpha value is -3.27. The number of ether oxygens (including phenoxy) is 1. The summed E-state index contributed by atoms with van der Waals surface area (Å²) >= 11 is 0. The fourth-order valence-electron chi connectivity index (χ4n) is 1.78. The van der Waals surface area contributed by atoms with Gasteiger partial charge < -0.3 is 14.6 Å². The van der Waals surface area contributed by atoms with Crippen molar-refractivity contribution in [3.05, 3.63) is 36.2 Å². The number of aromatic nitrogens is 1. The van der Waals surface area contributed by atoms with Gasteiger partial charge in [0.25, 0.3) is 0 Å². The van der Waals surface area contributed by atoms with Gasteiger partial charge in [-0.3, -0.25) is 4.79 Å². The fourth-order valence-corrected chi connectivity index (χ4v) is 1.78. The van der Waals surface area contributed by atoms with Gasteiger partial charge in [0.2, 0.25) is 5.89 Å². The monoisotopic (exact) mass is 311 g/mol. The lowest BCUT2D eigenvalue weighted by atomic mass is 10.0. The number of oxazole rings is 1. The van der Waals surface area contributed by atoms with Crippen LogP contribution in [0.1, 0.15) is 12.8 Å². The molecule has 0 spiro atoms. The van der Waals surface area contributed by atoms with Gasteiger partial charge in [0.05, 0.1) is 6.07 Å². The maximum atomic E-state index is 11.6. The van der Waals surface area contributed by atoms with Crippen molar-refractivity contribution in [2.45, 2.75) is 6.92 Å². The lowest BCUT2D eigenvalue weighted by molar-refractivity contribution is -0.143. The van der Waals surface area contributed by atoms with Crippen molar-refractivity contribution in [2.75, 3.05) is 6.61 Å². The van der Waals surface area contributed by atoms with Gasteiger partial charge in [0, 0.05) is 17.9 Å². The fraction of sp³-hybridized carbons (Fsp3) is 0.188. The first-order valence-corrected chi connectivity index (χ1v) is 6.69. The van der Waals surface area contributed by atoms with E-state index < -0.39 is 24.3 Å². The molecule has 0 amide bonds. The van der Waals surface area contributed by atoms with E-state index in [0.29, 0.717) is 11.1 Å². The number of benzene rings is 1. The third kappa shape index (κ3) is 4.11. The molecule has 1 atom stereocenters. The molecule has 0 saturated heterocycles. The molecule has 1 aromatic heterocycles. The van der Waals surface area contributed by atoms with E-state index in [2.05, 4.69) is 4.98 Å². The van der Waals surface area contributed by atoms with E-state index in [1.807, 2.05) is 6.07 Å². The van der Waals surface area contributed by atoms with Crippen LogP contribution >= 0.6 is 0 Å². The highest BCUT2D eigenvalue weighted by Crippen LogP contribution is 2.15. The summed E-state index contributed by atoms with van der Waals surface area (Å²) in [5.74, 6) is -2.35. The summed E-state index contributed by atoms with van der Waals surface area (Å²) in [6, 6.07) is 8.83. The standard InChI is InChI=1S/C16H13N3O4/c1-10(18)11(8-17)13(20)9-22-16(21)7-6-15-19-12-4-2-3-5-14(12)23-15/h2-7,11,18H,9H2,1H3/b7-6+,18-10?. The number of carbonyl (C=O) groups excluding carboxylic acids is 2. The zero-order valence-electron chi connectivity index (χ0n) is 12.3. The summed E-state index contributed by atoms with van der Waals surface area (Å²) in [7, 11) is 0. The zero-order valence-corrected chi connectivity index (χ0v) is 12.3. The van der Waals surface area contributed by atoms with Gasteiger partial charge in [0.1, 0.15) is 11.4 Å². The van der Waals surface area contributed by atoms with Crippen molar-refractivity contribution in [3.63, 3.8) is 0 Å². The van der Waals surface area contributed by atoms with Gasteiger partial charge in [-0.1, -0.05) is 12.1 Å². The molecule has 0 saturated carbocycles. The van der Waals surface area contributed by atoms with E-state index in [-0.39, 0.29) is 11.6 Å². The van der Waals surface area contributed by atoms with Crippen LogP contribution < -0.4 is 0 Å². The highest BCUT2D eigenvalue weighted by molar-refractivity contribution is 6.06. The normalized spacial score (nSPS) is 12.0. The van der Waals surface area contributed by atoms with Gasteiger partial charge in [-0.2, -0.15) is 5.26 Å². The van der Waals surface area contributed by atoms with Crippen molar-refractivity contribution < 1.29 is 18.7 Å². The second-order valence-electron chi connectivity index (χ2n) is 4.67. The molecule has 7 heteroatoms. The van der Waals surface area contributed by atoms with Gasteiger partial charge in [-0.05, 0) is 19.1 Å². The predicted octanol–water partition coefficient (Wildman–Crippen LogP) is 2.13. The topological polar surface area (TPSA) is 117 Å². The molecular formula is C16H13N3O4. The van der Waals surface area contributed by atoms with Crippen LogP contribution in [0, 0.1) is 22.7 Å². The molecule has 0 bridgehead atoms. The van der Waals surface area contributed by atoms with E-state index in [0.717, 1.165) is 6.08 Å². The second kappa shape index (κ2) is 7.13. The molecule has 0 aliphatic carbocycles. The quantitative estimate of drug-likeness (QED) is 0.496. The number of rotatable bonds is 6. The summed E-state index contributed by atoms with van der Waals surface area (Å²) in [4.78, 5) is 27.3. The minimum absolute atomic E-state index is 0.0874. The summed E-state index contributed by atoms with van der Waals surface area (Å²) in [6.07, 6.45) is 2.41. The number of nitrogens with zero attached hydrogens (tertiary/aromatic N) is 2. The van der Waals surface area contributed by atoms with Crippen molar-refractivity contribution in [1.29, 1.82) is 10.7 Å². The molecule has 2 aromatic rings. The molecular weight excluding hydrogens is 298 g/mol. The number of carbonyl (C=O) groups is 2. The molecule has 23 heavy (non-hydrogen) atoms. The Morgan fingerprint density at radius 3 is 2.87 bits per heavy atom. The van der Waals surface area contributed by atoms with Crippen LogP contribution in [0.25, 0.3) is 17.2 Å². The highest BCUT2D eigenvalue weighted by atomic mass is 16.5. The van der Waals surface area contributed by atoms with Gasteiger partial charge in [0.15, 0.2) is 18.0 Å². The van der Waals surface area contributed by atoms with E-state index in [1.165, 1.54) is 13.0 Å². The highest BCUT2D eigenvalue weighted by Gasteiger charge is 2.20. The maximum Gasteiger partial charge on any atom is 0.331 e. The van der Waals surface area contributed by atoms with Crippen LogP contribution in [-0.4, -0.2) is 29.1 Å². The predicted molar refractivity (Wildman–Crippen MR) is 81.5 cm³/mol. The van der Waals surface area contributed by atoms with E-state index >= 15 is 0 Å². The molecule has 116 valence electrons. The summed E-state index contributed by atoms with van der Waals surface area (Å²) in [6.45, 7) is 0.784. The van der Waals surface area contributed by atoms with Crippen molar-refractivity contribution >= 4 is 34.6 Å². The Balaban J connectivity index is 1.93. The number of hydrogen-bond donors (Lipinski definition) is 1. The summed E-state index contributed by atoms with van der Waals surface area (Å²) in [5.41, 5.74) is 1.17. The Morgan fingerprint density at radius 1 is 1.48 bits per heavy atom. The first-order valence-electron chi connectivity index (χ1n) is 6.69. The van der Waals surface area contributed by atoms with Crippen LogP contribution in [0.15, 0.2) is 34.8 Å². The van der Waals surface area contributed by atoms with Crippen molar-refractivity contribution in [1.82, 2.24) is 4.98 Å². The van der Waals surface area contributed by atoms with Gasteiger partial charge >= 0.3 is 5.97 Å². The Kier molecular flexibility index (Phi) is 5.00. The first-order chi connectivity index (χ1) is 11.0. The third-order valence-corrected chi connectivity index (χ3v) is 2.91. The van der Waals surface area contributed by atoms with E-state index in [1.54, 1.807) is 24.3 Å². The van der Waals surface area contributed by atoms with Gasteiger partial charge in [-0.15, -0.1) is 0 Å². The summed E-state index contributed by atoms with van der Waals surface area (Å²) < 4.78 is 10.1. The molecule has 7 nitrogen and oxygen atoms in total. The smallest absolute Gasteiger partial charge is 0.331 e. The molecule has 0 aliphatic heterocycles. The Bertz CT molecular complexity index is 796. The average molecular weight is 311 g/mol. The van der Waals surface area contributed by atoms with Crippen LogP contribution in [0.2, 0.25) is 0 Å². The lowest BCUT2D eigenvalue weighted by Gasteiger charge is -2.05. The van der Waals surface area contributed by atoms with E-state index in [4.69, 9.17) is 19.8 Å². The molecule has 0 fully saturated rings. The minimum Gasteiger partial charge on any atom is -0.454 e. The van der Waals surface area contributed by atoms with Crippen LogP contribution in [0.5, 0.6) is 0 Å². The number of nitriles is 1. The number of fused-ring (bicyclic) bond motifs is 1.